The van der Waals surface area contributed by atoms with E-state index < -0.39 is 11.5 Å². The second kappa shape index (κ2) is 6.81. The number of ether oxygens (including phenoxy) is 3. The molecule has 24 heavy (non-hydrogen) atoms. The van der Waals surface area contributed by atoms with Gasteiger partial charge < -0.3 is 19.5 Å². The van der Waals surface area contributed by atoms with Gasteiger partial charge in [0.05, 0.1) is 24.7 Å². The van der Waals surface area contributed by atoms with Crippen LogP contribution in [0.5, 0.6) is 0 Å². The first-order chi connectivity index (χ1) is 11.6. The minimum atomic E-state index is -0.496. The molecular formula is C18H23NO5. The third-order valence-electron chi connectivity index (χ3n) is 5.16. The van der Waals surface area contributed by atoms with E-state index in [1.54, 1.807) is 0 Å². The van der Waals surface area contributed by atoms with Gasteiger partial charge in [-0.25, -0.2) is 4.79 Å². The number of hydrogen-bond acceptors (Lipinski definition) is 5. The number of amides is 1. The number of carbonyl (C=O) groups excluding carboxylic acids is 2. The number of rotatable bonds is 5. The summed E-state index contributed by atoms with van der Waals surface area (Å²) in [6.07, 6.45) is 2.50. The number of esters is 1. The molecule has 6 nitrogen and oxygen atoms in total. The molecule has 0 atom stereocenters. The van der Waals surface area contributed by atoms with Crippen LogP contribution in [-0.4, -0.2) is 37.9 Å². The first-order valence-corrected chi connectivity index (χ1v) is 8.25. The van der Waals surface area contributed by atoms with Crippen LogP contribution >= 0.6 is 0 Å². The second-order valence-electron chi connectivity index (χ2n) is 6.66. The predicted octanol–water partition coefficient (Wildman–Crippen LogP) is 2.42. The molecule has 2 bridgehead atoms. The van der Waals surface area contributed by atoms with Crippen molar-refractivity contribution >= 4 is 12.1 Å². The molecule has 130 valence electrons. The molecule has 3 aliphatic rings. The van der Waals surface area contributed by atoms with E-state index in [4.69, 9.17) is 14.2 Å². The Balaban J connectivity index is 1.46. The number of benzene rings is 1. The maximum atomic E-state index is 11.9. The van der Waals surface area contributed by atoms with Crippen LogP contribution in [0.3, 0.4) is 0 Å². The molecule has 2 aliphatic heterocycles. The zero-order valence-corrected chi connectivity index (χ0v) is 13.9. The summed E-state index contributed by atoms with van der Waals surface area (Å²) in [5, 5.41) is 2.79. The quantitative estimate of drug-likeness (QED) is 0.838. The van der Waals surface area contributed by atoms with Crippen LogP contribution in [0.1, 0.15) is 31.2 Å². The number of carbonyl (C=O) groups is 2. The van der Waals surface area contributed by atoms with Crippen LogP contribution in [0.4, 0.5) is 4.79 Å². The second-order valence-corrected chi connectivity index (χ2v) is 6.66. The lowest BCUT2D eigenvalue weighted by molar-refractivity contribution is -0.202. The predicted molar refractivity (Wildman–Crippen MR) is 86.2 cm³/mol. The molecule has 6 heteroatoms. The Morgan fingerprint density at radius 2 is 1.88 bits per heavy atom. The van der Waals surface area contributed by atoms with E-state index in [1.165, 1.54) is 7.11 Å². The molecule has 1 aromatic carbocycles. The van der Waals surface area contributed by atoms with Crippen molar-refractivity contribution in [2.75, 3.05) is 20.3 Å². The number of alkyl carbamates (subject to hydrolysis) is 1. The maximum Gasteiger partial charge on any atom is 0.407 e. The summed E-state index contributed by atoms with van der Waals surface area (Å²) < 4.78 is 16.1. The lowest BCUT2D eigenvalue weighted by Crippen LogP contribution is -2.58. The van der Waals surface area contributed by atoms with Crippen molar-refractivity contribution in [1.82, 2.24) is 5.32 Å². The van der Waals surface area contributed by atoms with Crippen LogP contribution in [0.2, 0.25) is 0 Å². The van der Waals surface area contributed by atoms with Crippen LogP contribution in [-0.2, 0) is 25.6 Å². The summed E-state index contributed by atoms with van der Waals surface area (Å²) in [5.74, 6) is -0.189. The van der Waals surface area contributed by atoms with Crippen molar-refractivity contribution in [1.29, 1.82) is 0 Å². The topological polar surface area (TPSA) is 73.9 Å². The molecule has 1 amide bonds. The normalized spacial score (nSPS) is 28.2. The third kappa shape index (κ3) is 3.38. The Bertz CT molecular complexity index is 576. The van der Waals surface area contributed by atoms with Crippen molar-refractivity contribution in [2.24, 2.45) is 5.41 Å². The van der Waals surface area contributed by atoms with Gasteiger partial charge in [0.15, 0.2) is 0 Å². The van der Waals surface area contributed by atoms with Crippen molar-refractivity contribution < 1.29 is 23.8 Å². The molecule has 0 aromatic heterocycles. The molecule has 0 unspecified atom stereocenters. The summed E-state index contributed by atoms with van der Waals surface area (Å²) >= 11 is 0. The zero-order valence-electron chi connectivity index (χ0n) is 13.9. The molecule has 3 fully saturated rings. The van der Waals surface area contributed by atoms with E-state index in [1.807, 2.05) is 30.3 Å². The Labute approximate surface area is 141 Å². The lowest BCUT2D eigenvalue weighted by atomic mass is 9.66. The van der Waals surface area contributed by atoms with Gasteiger partial charge in [0.1, 0.15) is 6.61 Å². The highest BCUT2D eigenvalue weighted by Crippen LogP contribution is 2.49. The molecular weight excluding hydrogens is 310 g/mol. The Morgan fingerprint density at radius 1 is 1.17 bits per heavy atom. The van der Waals surface area contributed by atoms with Crippen LogP contribution in [0.15, 0.2) is 30.3 Å². The average molecular weight is 333 g/mol. The molecule has 2 heterocycles. The summed E-state index contributed by atoms with van der Waals surface area (Å²) in [6, 6.07) is 9.54. The van der Waals surface area contributed by atoms with Crippen molar-refractivity contribution in [3.63, 3.8) is 0 Å². The lowest BCUT2D eigenvalue weighted by Gasteiger charge is -2.51. The molecule has 1 aromatic rings. The van der Waals surface area contributed by atoms with E-state index in [0.29, 0.717) is 13.2 Å². The molecule has 4 rings (SSSR count). The fourth-order valence-corrected chi connectivity index (χ4v) is 3.48. The minimum Gasteiger partial charge on any atom is -0.469 e. The largest absolute Gasteiger partial charge is 0.469 e. The van der Waals surface area contributed by atoms with Gasteiger partial charge in [0.25, 0.3) is 0 Å². The standard InChI is InChI=1S/C18H23NO5/c1-22-15(20)17-7-9-18(10-8-17,24-13-17)12-19-16(21)23-11-14-5-3-2-4-6-14/h2-6H,7-13H2,1H3,(H,19,21). The Kier molecular flexibility index (Phi) is 4.76. The van der Waals surface area contributed by atoms with Gasteiger partial charge in [0, 0.05) is 6.54 Å². The van der Waals surface area contributed by atoms with Gasteiger partial charge in [-0.05, 0) is 31.2 Å². The molecule has 0 spiro atoms. The number of nitrogens with one attached hydrogen (secondary N) is 1. The monoisotopic (exact) mass is 333 g/mol. The Morgan fingerprint density at radius 3 is 2.46 bits per heavy atom. The fraction of sp³-hybridized carbons (Fsp3) is 0.556. The zero-order chi connectivity index (χ0) is 17.0. The van der Waals surface area contributed by atoms with E-state index in [-0.39, 0.29) is 18.2 Å². The highest BCUT2D eigenvalue weighted by molar-refractivity contribution is 5.77. The third-order valence-corrected chi connectivity index (χ3v) is 5.16. The number of methoxy groups -OCH3 is 1. The van der Waals surface area contributed by atoms with E-state index in [2.05, 4.69) is 5.32 Å². The highest BCUT2D eigenvalue weighted by Gasteiger charge is 2.54. The first-order valence-electron chi connectivity index (χ1n) is 8.25. The van der Waals surface area contributed by atoms with Crippen molar-refractivity contribution in [2.45, 2.75) is 37.9 Å². The van der Waals surface area contributed by atoms with Crippen molar-refractivity contribution in [3.05, 3.63) is 35.9 Å². The van der Waals surface area contributed by atoms with Crippen LogP contribution < -0.4 is 5.32 Å². The Hall–Kier alpha value is -2.08. The summed E-state index contributed by atoms with van der Waals surface area (Å²) in [6.45, 7) is 1.00. The number of fused-ring (bicyclic) bond motifs is 3. The fourth-order valence-electron chi connectivity index (χ4n) is 3.48. The SMILES string of the molecule is COC(=O)C12CCC(CNC(=O)OCc3ccccc3)(CC1)OC2. The van der Waals surface area contributed by atoms with E-state index >= 15 is 0 Å². The van der Waals surface area contributed by atoms with E-state index in [9.17, 15) is 9.59 Å². The molecule has 2 saturated heterocycles. The molecule has 1 saturated carbocycles. The van der Waals surface area contributed by atoms with E-state index in [0.717, 1.165) is 31.2 Å². The summed E-state index contributed by atoms with van der Waals surface area (Å²) in [7, 11) is 1.41. The van der Waals surface area contributed by atoms with Gasteiger partial charge in [-0.15, -0.1) is 0 Å². The van der Waals surface area contributed by atoms with Crippen molar-refractivity contribution in [3.8, 4) is 0 Å². The summed E-state index contributed by atoms with van der Waals surface area (Å²) in [5.41, 5.74) is 0.0616. The highest BCUT2D eigenvalue weighted by atomic mass is 16.6. The van der Waals surface area contributed by atoms with Gasteiger partial charge >= 0.3 is 12.1 Å². The van der Waals surface area contributed by atoms with Crippen LogP contribution in [0, 0.1) is 5.41 Å². The van der Waals surface area contributed by atoms with Gasteiger partial charge in [-0.1, -0.05) is 30.3 Å². The first kappa shape index (κ1) is 16.8. The maximum absolute atomic E-state index is 11.9. The number of hydrogen-bond donors (Lipinski definition) is 1. The van der Waals surface area contributed by atoms with Gasteiger partial charge in [-0.2, -0.15) is 0 Å². The molecule has 1 N–H and O–H groups in total. The average Bonchev–Trinajstić information content (AvgIpc) is 2.66. The minimum absolute atomic E-state index is 0.189. The van der Waals surface area contributed by atoms with Crippen LogP contribution in [0.25, 0.3) is 0 Å². The van der Waals surface area contributed by atoms with Gasteiger partial charge in [0.2, 0.25) is 0 Å². The smallest absolute Gasteiger partial charge is 0.407 e. The molecule has 1 aliphatic carbocycles. The van der Waals surface area contributed by atoms with Gasteiger partial charge in [-0.3, -0.25) is 4.79 Å². The summed E-state index contributed by atoms with van der Waals surface area (Å²) in [4.78, 5) is 23.8. The molecule has 0 radical (unpaired) electrons.